The Morgan fingerprint density at radius 2 is 1.85 bits per heavy atom. The molecule has 3 aromatic rings. The van der Waals surface area contributed by atoms with Gasteiger partial charge in [0.2, 0.25) is 5.91 Å². The number of hydrogen-bond acceptors (Lipinski definition) is 5. The fourth-order valence-corrected chi connectivity index (χ4v) is 5.60. The van der Waals surface area contributed by atoms with Crippen LogP contribution in [0.5, 0.6) is 5.75 Å². The fourth-order valence-electron chi connectivity index (χ4n) is 4.39. The molecule has 0 fully saturated rings. The van der Waals surface area contributed by atoms with Gasteiger partial charge in [-0.25, -0.2) is 9.00 Å². The standard InChI is InChI=1S/C28H24Cl2N2O7S/c29-21-14-18-15-32(24(34)9-8-17-5-1-2-7-23(17)33)11-10-20(18)26(30)25(21)27(35)31-22(28(36)37)13-16-4-3-6-19(12-16)40(38)39/h1-9,12,14,22,33H,10-11,13,15H2,(H,31,35)(H,36,37)(H,38,39)/b9-8+/t22-/m0/s1. The van der Waals surface area contributed by atoms with Crippen molar-refractivity contribution in [3.63, 3.8) is 0 Å². The number of phenolic OH excluding ortho intramolecular Hbond substituents is 1. The van der Waals surface area contributed by atoms with Crippen LogP contribution in [0.2, 0.25) is 10.0 Å². The zero-order valence-electron chi connectivity index (χ0n) is 20.8. The first-order valence-electron chi connectivity index (χ1n) is 12.0. The number of para-hydroxylation sites is 1. The van der Waals surface area contributed by atoms with Crippen LogP contribution in [0.25, 0.3) is 6.08 Å². The molecule has 1 heterocycles. The Labute approximate surface area is 242 Å². The normalized spacial score (nSPS) is 14.4. The van der Waals surface area contributed by atoms with E-state index in [1.807, 2.05) is 0 Å². The first-order chi connectivity index (χ1) is 19.0. The number of fused-ring (bicyclic) bond motifs is 1. The van der Waals surface area contributed by atoms with Crippen molar-refractivity contribution in [1.29, 1.82) is 0 Å². The molecule has 9 nitrogen and oxygen atoms in total. The van der Waals surface area contributed by atoms with E-state index in [2.05, 4.69) is 5.32 Å². The molecule has 1 aliphatic heterocycles. The van der Waals surface area contributed by atoms with Gasteiger partial charge in [0.05, 0.1) is 20.5 Å². The second-order valence-corrected chi connectivity index (χ2v) is 10.8. The SMILES string of the molecule is O=C(N[C@@H](Cc1cccc(S(=O)O)c1)C(=O)O)c1c(Cl)cc2c(c1Cl)CCN(C(=O)/C=C/c1ccccc1O)C2. The summed E-state index contributed by atoms with van der Waals surface area (Å²) in [6.07, 6.45) is 3.09. The molecule has 2 amide bonds. The highest BCUT2D eigenvalue weighted by molar-refractivity contribution is 7.79. The number of phenols is 1. The summed E-state index contributed by atoms with van der Waals surface area (Å²) in [6.45, 7) is 0.514. The van der Waals surface area contributed by atoms with Gasteiger partial charge in [-0.2, -0.15) is 0 Å². The van der Waals surface area contributed by atoms with E-state index in [1.54, 1.807) is 35.2 Å². The van der Waals surface area contributed by atoms with E-state index < -0.39 is 29.0 Å². The van der Waals surface area contributed by atoms with Crippen molar-refractivity contribution in [3.8, 4) is 5.75 Å². The molecule has 4 rings (SSSR count). The molecule has 12 heteroatoms. The molecule has 0 aliphatic carbocycles. The summed E-state index contributed by atoms with van der Waals surface area (Å²) in [6, 6.07) is 12.7. The predicted octanol–water partition coefficient (Wildman–Crippen LogP) is 4.30. The van der Waals surface area contributed by atoms with Crippen LogP contribution < -0.4 is 5.32 Å². The molecule has 0 saturated carbocycles. The lowest BCUT2D eigenvalue weighted by molar-refractivity contribution is -0.139. The molecule has 208 valence electrons. The minimum atomic E-state index is -2.24. The molecule has 2 atom stereocenters. The summed E-state index contributed by atoms with van der Waals surface area (Å²) < 4.78 is 20.6. The van der Waals surface area contributed by atoms with Gasteiger partial charge in [-0.3, -0.25) is 9.59 Å². The molecule has 0 saturated heterocycles. The van der Waals surface area contributed by atoms with E-state index in [4.69, 9.17) is 23.2 Å². The van der Waals surface area contributed by atoms with Crippen LogP contribution in [0.15, 0.2) is 65.6 Å². The number of aliphatic carboxylic acids is 1. The summed E-state index contributed by atoms with van der Waals surface area (Å²) in [5.41, 5.74) is 2.17. The van der Waals surface area contributed by atoms with Gasteiger partial charge < -0.3 is 25.0 Å². The first kappa shape index (κ1) is 29.3. The van der Waals surface area contributed by atoms with Crippen LogP contribution in [0, 0.1) is 0 Å². The Bertz CT molecular complexity index is 1540. The number of aromatic hydroxyl groups is 1. The minimum Gasteiger partial charge on any atom is -0.507 e. The van der Waals surface area contributed by atoms with E-state index in [9.17, 15) is 33.4 Å². The van der Waals surface area contributed by atoms with Crippen molar-refractivity contribution >= 4 is 58.1 Å². The lowest BCUT2D eigenvalue weighted by atomic mass is 9.96. The maximum atomic E-state index is 13.1. The predicted molar refractivity (Wildman–Crippen MR) is 151 cm³/mol. The molecule has 0 bridgehead atoms. The number of nitrogens with zero attached hydrogens (tertiary/aromatic N) is 1. The molecule has 1 unspecified atom stereocenters. The third-order valence-electron chi connectivity index (χ3n) is 6.43. The average Bonchev–Trinajstić information content (AvgIpc) is 2.91. The number of nitrogens with one attached hydrogen (secondary N) is 1. The van der Waals surface area contributed by atoms with E-state index in [1.165, 1.54) is 36.4 Å². The highest BCUT2D eigenvalue weighted by atomic mass is 35.5. The zero-order valence-corrected chi connectivity index (χ0v) is 23.2. The van der Waals surface area contributed by atoms with Gasteiger partial charge in [0.25, 0.3) is 5.91 Å². The van der Waals surface area contributed by atoms with Gasteiger partial charge in [0, 0.05) is 31.1 Å². The third kappa shape index (κ3) is 6.71. The van der Waals surface area contributed by atoms with E-state index >= 15 is 0 Å². The maximum absolute atomic E-state index is 13.1. The molecular weight excluding hydrogens is 579 g/mol. The summed E-state index contributed by atoms with van der Waals surface area (Å²) in [5.74, 6) is -2.31. The van der Waals surface area contributed by atoms with Crippen LogP contribution in [0.4, 0.5) is 0 Å². The van der Waals surface area contributed by atoms with Gasteiger partial charge in [-0.15, -0.1) is 0 Å². The second kappa shape index (κ2) is 12.6. The molecule has 3 aromatic carbocycles. The Morgan fingerprint density at radius 1 is 1.10 bits per heavy atom. The Kier molecular flexibility index (Phi) is 9.26. The van der Waals surface area contributed by atoms with E-state index in [0.29, 0.717) is 35.2 Å². The van der Waals surface area contributed by atoms with Crippen LogP contribution >= 0.6 is 23.2 Å². The molecular formula is C28H24Cl2N2O7S. The van der Waals surface area contributed by atoms with E-state index in [-0.39, 0.29) is 45.1 Å². The number of amides is 2. The largest absolute Gasteiger partial charge is 0.507 e. The van der Waals surface area contributed by atoms with Gasteiger partial charge in [-0.05, 0) is 53.5 Å². The smallest absolute Gasteiger partial charge is 0.326 e. The minimum absolute atomic E-state index is 0.00196. The first-order valence-corrected chi connectivity index (χ1v) is 13.9. The van der Waals surface area contributed by atoms with Gasteiger partial charge in [0.15, 0.2) is 11.1 Å². The number of benzene rings is 3. The number of carbonyl (C=O) groups is 3. The van der Waals surface area contributed by atoms with Gasteiger partial charge >= 0.3 is 5.97 Å². The van der Waals surface area contributed by atoms with Crippen molar-refractivity contribution in [2.45, 2.75) is 30.3 Å². The number of hydrogen-bond donors (Lipinski definition) is 4. The number of halogens is 2. The average molecular weight is 603 g/mol. The van der Waals surface area contributed by atoms with Crippen LogP contribution in [-0.2, 0) is 40.1 Å². The van der Waals surface area contributed by atoms with Gasteiger partial charge in [-0.1, -0.05) is 53.5 Å². The topological polar surface area (TPSA) is 144 Å². The van der Waals surface area contributed by atoms with Crippen molar-refractivity contribution < 1.29 is 33.4 Å². The Balaban J connectivity index is 1.50. The Morgan fingerprint density at radius 3 is 2.55 bits per heavy atom. The van der Waals surface area contributed by atoms with E-state index in [0.717, 1.165) is 0 Å². The van der Waals surface area contributed by atoms with Gasteiger partial charge in [0.1, 0.15) is 11.8 Å². The lowest BCUT2D eigenvalue weighted by Gasteiger charge is -2.29. The third-order valence-corrected chi connectivity index (χ3v) is 7.80. The second-order valence-electron chi connectivity index (χ2n) is 9.05. The van der Waals surface area contributed by atoms with Crippen molar-refractivity contribution in [2.24, 2.45) is 0 Å². The monoisotopic (exact) mass is 602 g/mol. The summed E-state index contributed by atoms with van der Waals surface area (Å²) >= 11 is 10.8. The molecule has 0 aromatic heterocycles. The van der Waals surface area contributed by atoms with Crippen LogP contribution in [-0.4, -0.2) is 54.2 Å². The maximum Gasteiger partial charge on any atom is 0.326 e. The molecule has 40 heavy (non-hydrogen) atoms. The summed E-state index contributed by atoms with van der Waals surface area (Å²) in [7, 11) is 0. The number of carbonyl (C=O) groups excluding carboxylic acids is 2. The lowest BCUT2D eigenvalue weighted by Crippen LogP contribution is -2.42. The molecule has 1 aliphatic rings. The molecule has 0 radical (unpaired) electrons. The molecule has 4 N–H and O–H groups in total. The molecule has 0 spiro atoms. The Hall–Kier alpha value is -3.70. The zero-order chi connectivity index (χ0) is 29.0. The van der Waals surface area contributed by atoms with Crippen LogP contribution in [0.1, 0.15) is 32.6 Å². The van der Waals surface area contributed by atoms with Crippen molar-refractivity contribution in [3.05, 3.63) is 98.5 Å². The quantitative estimate of drug-likeness (QED) is 0.222. The number of carboxylic acid groups (broad SMARTS) is 1. The summed E-state index contributed by atoms with van der Waals surface area (Å²) in [4.78, 5) is 39.5. The fraction of sp³-hybridized carbons (Fsp3) is 0.179. The number of rotatable bonds is 8. The summed E-state index contributed by atoms with van der Waals surface area (Å²) in [5, 5.41) is 22.1. The van der Waals surface area contributed by atoms with Crippen molar-refractivity contribution in [2.75, 3.05) is 6.54 Å². The number of carboxylic acids is 1. The highest BCUT2D eigenvalue weighted by Crippen LogP contribution is 2.35. The van der Waals surface area contributed by atoms with Crippen LogP contribution in [0.3, 0.4) is 0 Å². The van der Waals surface area contributed by atoms with Crippen molar-refractivity contribution in [1.82, 2.24) is 10.2 Å². The highest BCUT2D eigenvalue weighted by Gasteiger charge is 2.29.